The van der Waals surface area contributed by atoms with Crippen LogP contribution in [0.1, 0.15) is 60.6 Å². The molecule has 1 aromatic carbocycles. The van der Waals surface area contributed by atoms with E-state index in [1.54, 1.807) is 11.3 Å². The zero-order valence-corrected chi connectivity index (χ0v) is 18.0. The van der Waals surface area contributed by atoms with Crippen LogP contribution in [0.4, 0.5) is 0 Å². The lowest BCUT2D eigenvalue weighted by Crippen LogP contribution is -2.11. The molecule has 2 unspecified atom stereocenters. The molecule has 1 aliphatic rings. The number of ketones is 1. The van der Waals surface area contributed by atoms with E-state index in [-0.39, 0.29) is 5.78 Å². The van der Waals surface area contributed by atoms with E-state index in [4.69, 9.17) is 11.6 Å². The molecule has 0 saturated heterocycles. The van der Waals surface area contributed by atoms with Crippen LogP contribution in [0.3, 0.4) is 0 Å². The molecule has 2 nitrogen and oxygen atoms in total. The fourth-order valence-electron chi connectivity index (χ4n) is 4.51. The molecule has 0 radical (unpaired) electrons. The monoisotopic (exact) mass is 411 g/mol. The maximum Gasteiger partial charge on any atom is 0.209 e. The summed E-state index contributed by atoms with van der Waals surface area (Å²) >= 11 is 7.66. The van der Waals surface area contributed by atoms with Crippen molar-refractivity contribution in [2.45, 2.75) is 45.6 Å². The van der Waals surface area contributed by atoms with Crippen molar-refractivity contribution < 1.29 is 4.79 Å². The number of rotatable bonds is 6. The molecular formula is C24H26ClNOS. The number of aryl methyl sites for hydroxylation is 1. The van der Waals surface area contributed by atoms with E-state index in [1.165, 1.54) is 10.4 Å². The summed E-state index contributed by atoms with van der Waals surface area (Å²) in [5, 5.41) is 3.25. The van der Waals surface area contributed by atoms with Crippen molar-refractivity contribution in [3.63, 3.8) is 0 Å². The van der Waals surface area contributed by atoms with E-state index in [0.29, 0.717) is 17.7 Å². The molecule has 0 bridgehead atoms. The number of thiophene rings is 1. The van der Waals surface area contributed by atoms with Gasteiger partial charge in [0.2, 0.25) is 5.78 Å². The highest BCUT2D eigenvalue weighted by Gasteiger charge is 2.28. The molecule has 2 heterocycles. The SMILES string of the molecule is CCn1c(C(=O)C2=CCC(CCCCl)C(C)c3ccccc32)cc2ccsc21. The second-order valence-electron chi connectivity index (χ2n) is 7.60. The van der Waals surface area contributed by atoms with Gasteiger partial charge in [-0.1, -0.05) is 37.3 Å². The van der Waals surface area contributed by atoms with Crippen LogP contribution in [0.25, 0.3) is 15.8 Å². The Bertz CT molecular complexity index is 1030. The molecule has 2 aromatic heterocycles. The number of hydrogen-bond donors (Lipinski definition) is 0. The number of benzene rings is 1. The van der Waals surface area contributed by atoms with Crippen molar-refractivity contribution in [1.82, 2.24) is 4.57 Å². The summed E-state index contributed by atoms with van der Waals surface area (Å²) in [5.74, 6) is 1.78. The third-order valence-electron chi connectivity index (χ3n) is 6.08. The van der Waals surface area contributed by atoms with E-state index < -0.39 is 0 Å². The first-order valence-electron chi connectivity index (χ1n) is 10.1. The minimum Gasteiger partial charge on any atom is -0.330 e. The molecule has 1 aliphatic carbocycles. The maximum atomic E-state index is 13.7. The Morgan fingerprint density at radius 1 is 1.29 bits per heavy atom. The van der Waals surface area contributed by atoms with Crippen LogP contribution in [0.2, 0.25) is 0 Å². The first kappa shape index (κ1) is 19.5. The number of nitrogens with zero attached hydrogens (tertiary/aromatic N) is 1. The molecule has 0 fully saturated rings. The number of aromatic nitrogens is 1. The van der Waals surface area contributed by atoms with Crippen LogP contribution in [0, 0.1) is 5.92 Å². The highest BCUT2D eigenvalue weighted by molar-refractivity contribution is 7.16. The number of carbonyl (C=O) groups is 1. The average Bonchev–Trinajstić information content (AvgIpc) is 3.27. The van der Waals surface area contributed by atoms with Crippen molar-refractivity contribution in [1.29, 1.82) is 0 Å². The second kappa shape index (κ2) is 8.26. The van der Waals surface area contributed by atoms with Gasteiger partial charge >= 0.3 is 0 Å². The first-order chi connectivity index (χ1) is 13.7. The molecule has 4 heteroatoms. The Morgan fingerprint density at radius 3 is 2.89 bits per heavy atom. The van der Waals surface area contributed by atoms with E-state index in [1.807, 2.05) is 6.07 Å². The summed E-state index contributed by atoms with van der Waals surface area (Å²) in [6.45, 7) is 5.20. The van der Waals surface area contributed by atoms with Crippen LogP contribution in [0.15, 0.2) is 47.9 Å². The molecule has 0 N–H and O–H groups in total. The molecule has 146 valence electrons. The van der Waals surface area contributed by atoms with Gasteiger partial charge in [-0.2, -0.15) is 0 Å². The molecule has 2 atom stereocenters. The number of halogens is 1. The van der Waals surface area contributed by atoms with Gasteiger partial charge in [-0.05, 0) is 66.7 Å². The van der Waals surface area contributed by atoms with Crippen LogP contribution in [0.5, 0.6) is 0 Å². The number of hydrogen-bond acceptors (Lipinski definition) is 2. The standard InChI is InChI=1S/C24H26ClNOS/c1-3-26-22(15-18-12-14-28-24(18)26)23(27)21-11-10-17(7-6-13-25)16(2)19-8-4-5-9-20(19)21/h4-5,8-9,11-12,14-17H,3,6-7,10,13H2,1-2H3. The molecule has 0 amide bonds. The number of carbonyl (C=O) groups excluding carboxylic acids is 1. The fourth-order valence-corrected chi connectivity index (χ4v) is 5.63. The van der Waals surface area contributed by atoms with Gasteiger partial charge in [-0.25, -0.2) is 0 Å². The van der Waals surface area contributed by atoms with Gasteiger partial charge < -0.3 is 4.57 Å². The van der Waals surface area contributed by atoms with Gasteiger partial charge in [0.05, 0.1) is 5.69 Å². The molecule has 28 heavy (non-hydrogen) atoms. The molecule has 4 rings (SSSR count). The number of alkyl halides is 1. The third-order valence-corrected chi connectivity index (χ3v) is 7.30. The van der Waals surface area contributed by atoms with Gasteiger partial charge in [0, 0.05) is 23.4 Å². The Morgan fingerprint density at radius 2 is 2.11 bits per heavy atom. The fraction of sp³-hybridized carbons (Fsp3) is 0.375. The predicted octanol–water partition coefficient (Wildman–Crippen LogP) is 7.13. The smallest absolute Gasteiger partial charge is 0.209 e. The van der Waals surface area contributed by atoms with Crippen LogP contribution >= 0.6 is 22.9 Å². The van der Waals surface area contributed by atoms with Gasteiger partial charge in [-0.3, -0.25) is 4.79 Å². The Hall–Kier alpha value is -1.84. The van der Waals surface area contributed by atoms with E-state index in [9.17, 15) is 4.79 Å². The molecule has 0 spiro atoms. The molecule has 0 saturated carbocycles. The molecule has 0 aliphatic heterocycles. The third kappa shape index (κ3) is 3.35. The summed E-state index contributed by atoms with van der Waals surface area (Å²) in [7, 11) is 0. The van der Waals surface area contributed by atoms with Gasteiger partial charge in [-0.15, -0.1) is 22.9 Å². The molecular weight excluding hydrogens is 386 g/mol. The minimum absolute atomic E-state index is 0.142. The summed E-state index contributed by atoms with van der Waals surface area (Å²) < 4.78 is 2.16. The van der Waals surface area contributed by atoms with Gasteiger partial charge in [0.25, 0.3) is 0 Å². The predicted molar refractivity (Wildman–Crippen MR) is 121 cm³/mol. The lowest BCUT2D eigenvalue weighted by atomic mass is 9.82. The van der Waals surface area contributed by atoms with Crippen molar-refractivity contribution in [2.24, 2.45) is 5.92 Å². The quantitative estimate of drug-likeness (QED) is 0.312. The molecule has 3 aromatic rings. The second-order valence-corrected chi connectivity index (χ2v) is 8.88. The number of allylic oxidation sites excluding steroid dienone is 2. The summed E-state index contributed by atoms with van der Waals surface area (Å²) in [4.78, 5) is 14.9. The largest absolute Gasteiger partial charge is 0.330 e. The van der Waals surface area contributed by atoms with Gasteiger partial charge in [0.1, 0.15) is 4.83 Å². The van der Waals surface area contributed by atoms with E-state index in [0.717, 1.165) is 48.0 Å². The van der Waals surface area contributed by atoms with Gasteiger partial charge in [0.15, 0.2) is 0 Å². The van der Waals surface area contributed by atoms with Crippen molar-refractivity contribution in [3.05, 3.63) is 64.7 Å². The van der Waals surface area contributed by atoms with Crippen LogP contribution in [-0.4, -0.2) is 16.2 Å². The van der Waals surface area contributed by atoms with Crippen molar-refractivity contribution >= 4 is 44.5 Å². The zero-order valence-electron chi connectivity index (χ0n) is 16.5. The number of fused-ring (bicyclic) bond motifs is 2. The topological polar surface area (TPSA) is 22.0 Å². The van der Waals surface area contributed by atoms with E-state index >= 15 is 0 Å². The van der Waals surface area contributed by atoms with E-state index in [2.05, 4.69) is 60.2 Å². The summed E-state index contributed by atoms with van der Waals surface area (Å²) in [5.41, 5.74) is 4.05. The summed E-state index contributed by atoms with van der Waals surface area (Å²) in [6.07, 6.45) is 5.22. The average molecular weight is 412 g/mol. The highest BCUT2D eigenvalue weighted by Crippen LogP contribution is 2.40. The number of Topliss-reactive ketones (excluding diaryl/α,β-unsaturated/α-hetero) is 1. The van der Waals surface area contributed by atoms with Crippen molar-refractivity contribution in [2.75, 3.05) is 5.88 Å². The van der Waals surface area contributed by atoms with Crippen LogP contribution in [-0.2, 0) is 6.54 Å². The minimum atomic E-state index is 0.142. The Labute approximate surface area is 175 Å². The lowest BCUT2D eigenvalue weighted by molar-refractivity contribution is 0.104. The lowest BCUT2D eigenvalue weighted by Gasteiger charge is -2.23. The zero-order chi connectivity index (χ0) is 19.7. The maximum absolute atomic E-state index is 13.7. The first-order valence-corrected chi connectivity index (χ1v) is 11.5. The Balaban J connectivity index is 1.79. The summed E-state index contributed by atoms with van der Waals surface area (Å²) in [6, 6.07) is 12.6. The van der Waals surface area contributed by atoms with Crippen molar-refractivity contribution in [3.8, 4) is 0 Å². The Kier molecular flexibility index (Phi) is 5.75. The highest BCUT2D eigenvalue weighted by atomic mass is 35.5. The van der Waals surface area contributed by atoms with Crippen LogP contribution < -0.4 is 0 Å². The normalized spacial score (nSPS) is 19.3.